The molecule has 0 spiro atoms. The Morgan fingerprint density at radius 2 is 1.87 bits per heavy atom. The average Bonchev–Trinajstić information content (AvgIpc) is 3.22. The third-order valence-electron chi connectivity index (χ3n) is 4.96. The van der Waals surface area contributed by atoms with Crippen LogP contribution < -0.4 is 10.2 Å². The number of carbonyl (C=O) groups excluding carboxylic acids is 1. The van der Waals surface area contributed by atoms with Gasteiger partial charge in [0.2, 0.25) is 5.95 Å². The standard InChI is InChI=1S/C20H19FN6O3/c21-15-7-4-13(5-8-15)18-22-20(25-24-18)23-19(28)14-6-9-16(17(12-14)27(29)30)26-10-2-1-3-11-26/h4-9,12H,1-3,10-11H2,(H2,22,23,24,25,28). The van der Waals surface area contributed by atoms with Crippen molar-refractivity contribution in [3.8, 4) is 11.4 Å². The van der Waals surface area contributed by atoms with Gasteiger partial charge in [0.25, 0.3) is 11.6 Å². The number of rotatable bonds is 5. The van der Waals surface area contributed by atoms with Gasteiger partial charge < -0.3 is 4.90 Å². The van der Waals surface area contributed by atoms with Crippen LogP contribution in [0.4, 0.5) is 21.7 Å². The van der Waals surface area contributed by atoms with E-state index in [9.17, 15) is 19.3 Å². The van der Waals surface area contributed by atoms with Crippen LogP contribution in [0.5, 0.6) is 0 Å². The number of amides is 1. The molecule has 0 aliphatic carbocycles. The highest BCUT2D eigenvalue weighted by molar-refractivity contribution is 6.04. The van der Waals surface area contributed by atoms with Crippen LogP contribution in [0.15, 0.2) is 42.5 Å². The van der Waals surface area contributed by atoms with Crippen LogP contribution in [-0.4, -0.2) is 39.1 Å². The highest BCUT2D eigenvalue weighted by atomic mass is 19.1. The molecule has 2 heterocycles. The van der Waals surface area contributed by atoms with Gasteiger partial charge in [0.15, 0.2) is 5.82 Å². The first-order valence-corrected chi connectivity index (χ1v) is 9.54. The first kappa shape index (κ1) is 19.5. The molecule has 1 fully saturated rings. The molecule has 9 nitrogen and oxygen atoms in total. The van der Waals surface area contributed by atoms with Crippen molar-refractivity contribution in [1.82, 2.24) is 15.2 Å². The van der Waals surface area contributed by atoms with E-state index in [-0.39, 0.29) is 23.0 Å². The van der Waals surface area contributed by atoms with Gasteiger partial charge >= 0.3 is 0 Å². The lowest BCUT2D eigenvalue weighted by molar-refractivity contribution is -0.384. The molecule has 1 aliphatic heterocycles. The minimum atomic E-state index is -0.562. The second kappa shape index (κ2) is 8.27. The van der Waals surface area contributed by atoms with Crippen molar-refractivity contribution in [3.63, 3.8) is 0 Å². The van der Waals surface area contributed by atoms with E-state index in [4.69, 9.17) is 0 Å². The van der Waals surface area contributed by atoms with Gasteiger partial charge in [-0.15, -0.1) is 5.10 Å². The third kappa shape index (κ3) is 4.12. The number of halogens is 1. The highest BCUT2D eigenvalue weighted by Gasteiger charge is 2.23. The number of aromatic nitrogens is 3. The normalized spacial score (nSPS) is 13.8. The first-order chi connectivity index (χ1) is 14.5. The molecule has 154 valence electrons. The monoisotopic (exact) mass is 410 g/mol. The lowest BCUT2D eigenvalue weighted by atomic mass is 10.1. The summed E-state index contributed by atoms with van der Waals surface area (Å²) in [4.78, 5) is 29.8. The molecular weight excluding hydrogens is 391 g/mol. The van der Waals surface area contributed by atoms with Crippen LogP contribution in [0.3, 0.4) is 0 Å². The molecule has 2 N–H and O–H groups in total. The van der Waals surface area contributed by atoms with Crippen LogP contribution in [0.1, 0.15) is 29.6 Å². The zero-order chi connectivity index (χ0) is 21.1. The predicted octanol–water partition coefficient (Wildman–Crippen LogP) is 3.76. The van der Waals surface area contributed by atoms with Crippen molar-refractivity contribution in [2.24, 2.45) is 0 Å². The van der Waals surface area contributed by atoms with E-state index in [0.29, 0.717) is 17.1 Å². The number of H-pyrrole nitrogens is 1. The fourth-order valence-corrected chi connectivity index (χ4v) is 3.44. The lowest BCUT2D eigenvalue weighted by Crippen LogP contribution is -2.30. The molecular formula is C20H19FN6O3. The Morgan fingerprint density at radius 1 is 1.13 bits per heavy atom. The van der Waals surface area contributed by atoms with Crippen molar-refractivity contribution < 1.29 is 14.1 Å². The summed E-state index contributed by atoms with van der Waals surface area (Å²) in [5.41, 5.74) is 1.15. The molecule has 0 unspecified atom stereocenters. The number of piperidine rings is 1. The molecule has 0 atom stereocenters. The number of benzene rings is 2. The number of nitrogens with zero attached hydrogens (tertiary/aromatic N) is 4. The van der Waals surface area contributed by atoms with E-state index in [0.717, 1.165) is 32.4 Å². The van der Waals surface area contributed by atoms with Gasteiger partial charge in [0.05, 0.1) is 4.92 Å². The molecule has 2 aromatic carbocycles. The number of nitro benzene ring substituents is 1. The van der Waals surface area contributed by atoms with Crippen molar-refractivity contribution in [2.45, 2.75) is 19.3 Å². The number of carbonyl (C=O) groups is 1. The molecule has 0 radical (unpaired) electrons. The fraction of sp³-hybridized carbons (Fsp3) is 0.250. The van der Waals surface area contributed by atoms with Gasteiger partial charge in [-0.3, -0.25) is 25.3 Å². The van der Waals surface area contributed by atoms with Crippen molar-refractivity contribution in [1.29, 1.82) is 0 Å². The van der Waals surface area contributed by atoms with Crippen LogP contribution in [-0.2, 0) is 0 Å². The largest absolute Gasteiger partial charge is 0.366 e. The first-order valence-electron chi connectivity index (χ1n) is 9.54. The van der Waals surface area contributed by atoms with Crippen molar-refractivity contribution >= 4 is 23.2 Å². The molecule has 4 rings (SSSR count). The van der Waals surface area contributed by atoms with Crippen molar-refractivity contribution in [3.05, 3.63) is 64.0 Å². The Bertz CT molecular complexity index is 1080. The quantitative estimate of drug-likeness (QED) is 0.489. The molecule has 3 aromatic rings. The Kier molecular flexibility index (Phi) is 5.38. The summed E-state index contributed by atoms with van der Waals surface area (Å²) >= 11 is 0. The summed E-state index contributed by atoms with van der Waals surface area (Å²) in [5.74, 6) is -0.562. The maximum absolute atomic E-state index is 13.0. The molecule has 1 saturated heterocycles. The molecule has 0 bridgehead atoms. The Hall–Kier alpha value is -3.82. The summed E-state index contributed by atoms with van der Waals surface area (Å²) in [6.45, 7) is 1.52. The second-order valence-corrected chi connectivity index (χ2v) is 6.98. The van der Waals surface area contributed by atoms with Gasteiger partial charge in [0.1, 0.15) is 11.5 Å². The van der Waals surface area contributed by atoms with Crippen LogP contribution in [0.25, 0.3) is 11.4 Å². The van der Waals surface area contributed by atoms with Gasteiger partial charge in [-0.25, -0.2) is 4.39 Å². The number of hydrogen-bond donors (Lipinski definition) is 2. The fourth-order valence-electron chi connectivity index (χ4n) is 3.44. The minimum absolute atomic E-state index is 0.0158. The SMILES string of the molecule is O=C(Nc1n[nH]c(-c2ccc(F)cc2)n1)c1ccc(N2CCCCC2)c([N+](=O)[O-])c1. The van der Waals surface area contributed by atoms with E-state index >= 15 is 0 Å². The number of nitro groups is 1. The molecule has 0 saturated carbocycles. The van der Waals surface area contributed by atoms with Crippen LogP contribution in [0.2, 0.25) is 0 Å². The Morgan fingerprint density at radius 3 is 2.57 bits per heavy atom. The van der Waals surface area contributed by atoms with E-state index in [1.165, 1.54) is 30.3 Å². The molecule has 1 amide bonds. The topological polar surface area (TPSA) is 117 Å². The summed E-state index contributed by atoms with van der Waals surface area (Å²) in [6.07, 6.45) is 3.09. The molecule has 1 aliphatic rings. The zero-order valence-corrected chi connectivity index (χ0v) is 16.0. The van der Waals surface area contributed by atoms with Crippen LogP contribution in [0, 0.1) is 15.9 Å². The lowest BCUT2D eigenvalue weighted by Gasteiger charge is -2.28. The Labute approximate surface area is 171 Å². The maximum atomic E-state index is 13.0. The molecule has 1 aromatic heterocycles. The van der Waals surface area contributed by atoms with Gasteiger partial charge in [-0.1, -0.05) is 0 Å². The Balaban J connectivity index is 1.52. The summed E-state index contributed by atoms with van der Waals surface area (Å²) in [6, 6.07) is 10.1. The van der Waals surface area contributed by atoms with E-state index in [1.807, 2.05) is 4.90 Å². The summed E-state index contributed by atoms with van der Waals surface area (Å²) in [7, 11) is 0. The summed E-state index contributed by atoms with van der Waals surface area (Å²) < 4.78 is 13.0. The smallest absolute Gasteiger partial charge is 0.293 e. The third-order valence-corrected chi connectivity index (χ3v) is 4.96. The van der Waals surface area contributed by atoms with E-state index < -0.39 is 10.8 Å². The van der Waals surface area contributed by atoms with Crippen LogP contribution >= 0.6 is 0 Å². The van der Waals surface area contributed by atoms with E-state index in [1.54, 1.807) is 12.1 Å². The maximum Gasteiger partial charge on any atom is 0.293 e. The summed E-state index contributed by atoms with van der Waals surface area (Å²) in [5, 5.41) is 20.7. The molecule has 10 heteroatoms. The zero-order valence-electron chi connectivity index (χ0n) is 16.0. The average molecular weight is 410 g/mol. The number of anilines is 2. The number of hydrogen-bond acceptors (Lipinski definition) is 6. The van der Waals surface area contributed by atoms with Gasteiger partial charge in [-0.2, -0.15) is 4.98 Å². The number of aromatic amines is 1. The highest BCUT2D eigenvalue weighted by Crippen LogP contribution is 2.31. The molecule has 30 heavy (non-hydrogen) atoms. The van der Waals surface area contributed by atoms with Crippen molar-refractivity contribution in [2.75, 3.05) is 23.3 Å². The van der Waals surface area contributed by atoms with Gasteiger partial charge in [0, 0.05) is 30.3 Å². The van der Waals surface area contributed by atoms with Gasteiger partial charge in [-0.05, 0) is 55.7 Å². The number of nitrogens with one attached hydrogen (secondary N) is 2. The second-order valence-electron chi connectivity index (χ2n) is 6.98. The predicted molar refractivity (Wildman–Crippen MR) is 109 cm³/mol. The van der Waals surface area contributed by atoms with E-state index in [2.05, 4.69) is 20.5 Å². The minimum Gasteiger partial charge on any atom is -0.366 e.